The fourth-order valence-corrected chi connectivity index (χ4v) is 3.37. The van der Waals surface area contributed by atoms with Gasteiger partial charge in [0.25, 0.3) is 11.8 Å². The highest BCUT2D eigenvalue weighted by Crippen LogP contribution is 2.22. The van der Waals surface area contributed by atoms with Gasteiger partial charge in [0.15, 0.2) is 0 Å². The number of carbonyl (C=O) groups excluding carboxylic acids is 2. The number of amides is 2. The average Bonchev–Trinajstić information content (AvgIpc) is 3.26. The van der Waals surface area contributed by atoms with Gasteiger partial charge in [0.1, 0.15) is 5.58 Å². The van der Waals surface area contributed by atoms with Crippen LogP contribution in [0.2, 0.25) is 0 Å². The molecule has 0 bridgehead atoms. The van der Waals surface area contributed by atoms with Crippen molar-refractivity contribution >= 4 is 34.1 Å². The van der Waals surface area contributed by atoms with Crippen LogP contribution in [-0.2, 0) is 0 Å². The van der Waals surface area contributed by atoms with E-state index in [1.807, 2.05) is 12.1 Å². The summed E-state index contributed by atoms with van der Waals surface area (Å²) in [7, 11) is 0. The van der Waals surface area contributed by atoms with Crippen LogP contribution >= 0.6 is 11.3 Å². The number of hydrogen-bond acceptors (Lipinski definition) is 5. The molecule has 0 aliphatic heterocycles. The Labute approximate surface area is 163 Å². The van der Waals surface area contributed by atoms with E-state index in [9.17, 15) is 14.4 Å². The van der Waals surface area contributed by atoms with Crippen molar-refractivity contribution in [3.63, 3.8) is 0 Å². The van der Waals surface area contributed by atoms with Crippen LogP contribution in [0.4, 0.5) is 0 Å². The number of fused-ring (bicyclic) bond motifs is 1. The van der Waals surface area contributed by atoms with Crippen LogP contribution in [0.3, 0.4) is 0 Å². The predicted molar refractivity (Wildman–Crippen MR) is 107 cm³/mol. The van der Waals surface area contributed by atoms with Crippen molar-refractivity contribution in [3.05, 3.63) is 93.0 Å². The average molecular weight is 390 g/mol. The van der Waals surface area contributed by atoms with Gasteiger partial charge in [0.05, 0.1) is 10.4 Å². The first kappa shape index (κ1) is 17.7. The van der Waals surface area contributed by atoms with E-state index in [0.717, 1.165) is 5.39 Å². The Balaban J connectivity index is 1.58. The first-order valence-electron chi connectivity index (χ1n) is 8.39. The molecule has 2 amide bonds. The van der Waals surface area contributed by atoms with Crippen molar-refractivity contribution in [3.8, 4) is 11.1 Å². The highest BCUT2D eigenvalue weighted by molar-refractivity contribution is 7.12. The Morgan fingerprint density at radius 1 is 0.857 bits per heavy atom. The molecule has 6 nitrogen and oxygen atoms in total. The van der Waals surface area contributed by atoms with Crippen molar-refractivity contribution in [2.45, 2.75) is 0 Å². The van der Waals surface area contributed by atoms with Gasteiger partial charge in [-0.2, -0.15) is 0 Å². The zero-order valence-corrected chi connectivity index (χ0v) is 15.3. The molecule has 4 rings (SSSR count). The SMILES string of the molecule is O=C(NNC(=O)c1cccs1)c1cccc(-c2cc3ccccc3oc2=O)c1. The van der Waals surface area contributed by atoms with Gasteiger partial charge in [-0.05, 0) is 41.3 Å². The van der Waals surface area contributed by atoms with Crippen molar-refractivity contribution in [1.29, 1.82) is 0 Å². The maximum absolute atomic E-state index is 12.4. The molecule has 0 aliphatic rings. The van der Waals surface area contributed by atoms with Crippen LogP contribution in [-0.4, -0.2) is 11.8 Å². The third-order valence-corrected chi connectivity index (χ3v) is 4.98. The maximum atomic E-state index is 12.4. The Kier molecular flexibility index (Phi) is 4.74. The molecule has 2 aromatic carbocycles. The van der Waals surface area contributed by atoms with Gasteiger partial charge in [0, 0.05) is 10.9 Å². The Morgan fingerprint density at radius 2 is 1.68 bits per heavy atom. The van der Waals surface area contributed by atoms with Crippen LogP contribution in [0.25, 0.3) is 22.1 Å². The highest BCUT2D eigenvalue weighted by atomic mass is 32.1. The van der Waals surface area contributed by atoms with Crippen LogP contribution in [0.5, 0.6) is 0 Å². The van der Waals surface area contributed by atoms with E-state index in [0.29, 0.717) is 27.2 Å². The van der Waals surface area contributed by atoms with Gasteiger partial charge < -0.3 is 4.42 Å². The quantitative estimate of drug-likeness (QED) is 0.413. The minimum absolute atomic E-state index is 0.302. The summed E-state index contributed by atoms with van der Waals surface area (Å²) in [5.74, 6) is -0.883. The molecule has 4 aromatic rings. The molecule has 0 fully saturated rings. The van der Waals surface area contributed by atoms with Gasteiger partial charge in [-0.1, -0.05) is 36.4 Å². The second-order valence-corrected chi connectivity index (χ2v) is 6.90. The summed E-state index contributed by atoms with van der Waals surface area (Å²) < 4.78 is 5.36. The second-order valence-electron chi connectivity index (χ2n) is 5.95. The molecule has 2 aromatic heterocycles. The molecule has 0 aliphatic carbocycles. The monoisotopic (exact) mass is 390 g/mol. The molecule has 2 heterocycles. The number of carbonyl (C=O) groups is 2. The minimum atomic E-state index is -0.489. The Morgan fingerprint density at radius 3 is 2.50 bits per heavy atom. The number of hydrogen-bond donors (Lipinski definition) is 2. The predicted octanol–water partition coefficient (Wildman–Crippen LogP) is 3.60. The summed E-state index contributed by atoms with van der Waals surface area (Å²) in [6.07, 6.45) is 0. The molecule has 28 heavy (non-hydrogen) atoms. The molecule has 138 valence electrons. The van der Waals surface area contributed by atoms with Crippen molar-refractivity contribution in [2.24, 2.45) is 0 Å². The van der Waals surface area contributed by atoms with Gasteiger partial charge in [-0.3, -0.25) is 20.4 Å². The highest BCUT2D eigenvalue weighted by Gasteiger charge is 2.13. The number of rotatable bonds is 3. The third kappa shape index (κ3) is 3.56. The third-order valence-electron chi connectivity index (χ3n) is 4.11. The van der Waals surface area contributed by atoms with Crippen LogP contribution in [0.15, 0.2) is 81.3 Å². The Bertz CT molecular complexity index is 1230. The number of benzene rings is 2. The van der Waals surface area contributed by atoms with E-state index in [1.54, 1.807) is 60.0 Å². The van der Waals surface area contributed by atoms with E-state index < -0.39 is 17.4 Å². The molecule has 0 radical (unpaired) electrons. The first-order chi connectivity index (χ1) is 13.6. The lowest BCUT2D eigenvalue weighted by atomic mass is 10.0. The fraction of sp³-hybridized carbons (Fsp3) is 0. The van der Waals surface area contributed by atoms with Gasteiger partial charge in [0.2, 0.25) is 0 Å². The standard InChI is InChI=1S/C21H14N2O4S/c24-19(22-23-20(25)18-9-4-10-28-18)15-7-3-6-13(11-15)16-12-14-5-1-2-8-17(14)27-21(16)26/h1-12H,(H,22,24)(H,23,25). The number of thiophene rings is 1. The molecule has 0 saturated carbocycles. The number of hydrazine groups is 1. The van der Waals surface area contributed by atoms with E-state index in [4.69, 9.17) is 4.42 Å². The molecule has 0 atom stereocenters. The smallest absolute Gasteiger partial charge is 0.344 e. The molecule has 2 N–H and O–H groups in total. The topological polar surface area (TPSA) is 88.4 Å². The van der Waals surface area contributed by atoms with E-state index in [-0.39, 0.29) is 0 Å². The molecular formula is C21H14N2O4S. The number of nitrogens with one attached hydrogen (secondary N) is 2. The normalized spacial score (nSPS) is 10.6. The lowest BCUT2D eigenvalue weighted by Gasteiger charge is -2.08. The summed E-state index contributed by atoms with van der Waals surface area (Å²) in [5.41, 5.74) is 5.98. The fourth-order valence-electron chi connectivity index (χ4n) is 2.75. The summed E-state index contributed by atoms with van der Waals surface area (Å²) in [4.78, 5) is 37.1. The lowest BCUT2D eigenvalue weighted by Crippen LogP contribution is -2.41. The minimum Gasteiger partial charge on any atom is -0.422 e. The van der Waals surface area contributed by atoms with Gasteiger partial charge in [-0.25, -0.2) is 4.79 Å². The molecule has 7 heteroatoms. The summed E-state index contributed by atoms with van der Waals surface area (Å²) in [6.45, 7) is 0. The van der Waals surface area contributed by atoms with Crippen molar-refractivity contribution in [2.75, 3.05) is 0 Å². The molecular weight excluding hydrogens is 376 g/mol. The zero-order chi connectivity index (χ0) is 19.5. The summed E-state index contributed by atoms with van der Waals surface area (Å²) >= 11 is 1.27. The van der Waals surface area contributed by atoms with Crippen molar-refractivity contribution in [1.82, 2.24) is 10.9 Å². The Hall–Kier alpha value is -3.71. The number of para-hydroxylation sites is 1. The molecule has 0 saturated heterocycles. The lowest BCUT2D eigenvalue weighted by molar-refractivity contribution is 0.0849. The van der Waals surface area contributed by atoms with Gasteiger partial charge >= 0.3 is 5.63 Å². The van der Waals surface area contributed by atoms with E-state index in [2.05, 4.69) is 10.9 Å². The van der Waals surface area contributed by atoms with E-state index in [1.165, 1.54) is 11.3 Å². The molecule has 0 unspecified atom stereocenters. The van der Waals surface area contributed by atoms with E-state index >= 15 is 0 Å². The zero-order valence-electron chi connectivity index (χ0n) is 14.5. The summed E-state index contributed by atoms with van der Waals surface area (Å²) in [6, 6.07) is 18.9. The van der Waals surface area contributed by atoms with Crippen molar-refractivity contribution < 1.29 is 14.0 Å². The second kappa shape index (κ2) is 7.50. The van der Waals surface area contributed by atoms with Crippen LogP contribution in [0, 0.1) is 0 Å². The van der Waals surface area contributed by atoms with Crippen LogP contribution < -0.4 is 16.5 Å². The van der Waals surface area contributed by atoms with Gasteiger partial charge in [-0.15, -0.1) is 11.3 Å². The summed E-state index contributed by atoms with van der Waals surface area (Å²) in [5, 5.41) is 2.56. The largest absolute Gasteiger partial charge is 0.422 e. The maximum Gasteiger partial charge on any atom is 0.344 e. The molecule has 0 spiro atoms. The first-order valence-corrected chi connectivity index (χ1v) is 9.27. The van der Waals surface area contributed by atoms with Crippen LogP contribution in [0.1, 0.15) is 20.0 Å².